The zero-order chi connectivity index (χ0) is 17.8. The Morgan fingerprint density at radius 2 is 2.19 bits per heavy atom. The van der Waals surface area contributed by atoms with Gasteiger partial charge in [0.1, 0.15) is 11.7 Å². The molecular formula is C19H16N6S. The predicted molar refractivity (Wildman–Crippen MR) is 102 cm³/mol. The van der Waals surface area contributed by atoms with Gasteiger partial charge in [0.2, 0.25) is 5.95 Å². The van der Waals surface area contributed by atoms with Crippen LogP contribution in [0.5, 0.6) is 0 Å². The molecule has 0 aromatic carbocycles. The van der Waals surface area contributed by atoms with Gasteiger partial charge < -0.3 is 5.32 Å². The maximum absolute atomic E-state index is 8.81. The fourth-order valence-corrected chi connectivity index (χ4v) is 3.36. The van der Waals surface area contributed by atoms with Gasteiger partial charge in [-0.1, -0.05) is 0 Å². The average Bonchev–Trinajstić information content (AvgIpc) is 3.37. The second-order valence-corrected chi connectivity index (χ2v) is 6.59. The maximum Gasteiger partial charge on any atom is 0.209 e. The van der Waals surface area contributed by atoms with Crippen LogP contribution in [-0.4, -0.2) is 25.9 Å². The molecular weight excluding hydrogens is 344 g/mol. The van der Waals surface area contributed by atoms with Crippen LogP contribution in [0, 0.1) is 11.3 Å². The lowest BCUT2D eigenvalue weighted by molar-refractivity contribution is 0.825. The molecule has 7 heteroatoms. The van der Waals surface area contributed by atoms with E-state index in [0.29, 0.717) is 5.56 Å². The molecule has 4 heterocycles. The molecule has 4 aromatic heterocycles. The van der Waals surface area contributed by atoms with Crippen LogP contribution in [0.15, 0.2) is 53.6 Å². The Bertz CT molecular complexity index is 1040. The number of nitrogens with zero attached hydrogens (tertiary/aromatic N) is 5. The first kappa shape index (κ1) is 16.2. The minimum absolute atomic E-state index is 0.587. The van der Waals surface area contributed by atoms with Crippen molar-refractivity contribution in [2.24, 2.45) is 0 Å². The van der Waals surface area contributed by atoms with E-state index in [1.54, 1.807) is 29.8 Å². The van der Waals surface area contributed by atoms with Crippen LogP contribution in [-0.2, 0) is 6.42 Å². The summed E-state index contributed by atoms with van der Waals surface area (Å²) in [6.07, 6.45) is 7.06. The van der Waals surface area contributed by atoms with Crippen LogP contribution in [0.3, 0.4) is 0 Å². The number of aromatic nitrogens is 4. The van der Waals surface area contributed by atoms with Crippen LogP contribution in [0.4, 0.5) is 5.95 Å². The molecule has 0 aliphatic rings. The molecule has 0 spiro atoms. The summed E-state index contributed by atoms with van der Waals surface area (Å²) in [4.78, 5) is 13.4. The number of imidazole rings is 1. The Hall–Kier alpha value is -3.24. The summed E-state index contributed by atoms with van der Waals surface area (Å²) in [7, 11) is 0. The van der Waals surface area contributed by atoms with E-state index in [1.165, 1.54) is 0 Å². The van der Waals surface area contributed by atoms with Gasteiger partial charge in [0.15, 0.2) is 0 Å². The number of nitriles is 1. The number of nitrogens with one attached hydrogen (secondary N) is 1. The van der Waals surface area contributed by atoms with E-state index in [-0.39, 0.29) is 0 Å². The minimum atomic E-state index is 0.587. The average molecular weight is 360 g/mol. The van der Waals surface area contributed by atoms with Gasteiger partial charge in [-0.15, -0.1) is 0 Å². The standard InChI is InChI=1S/C19H16N6S/c20-11-14-3-4-16(23-12-14)2-1-6-22-19-24-17(15-5-9-26-13-15)10-18-21-7-8-25(18)19/h3-5,7-10,12-13H,1-2,6H2,(H,22,24). The number of hydrogen-bond donors (Lipinski definition) is 1. The molecule has 4 aromatic rings. The zero-order valence-electron chi connectivity index (χ0n) is 14.0. The second kappa shape index (κ2) is 7.33. The minimum Gasteiger partial charge on any atom is -0.355 e. The van der Waals surface area contributed by atoms with E-state index in [0.717, 1.165) is 47.9 Å². The number of thiophene rings is 1. The van der Waals surface area contributed by atoms with Crippen molar-refractivity contribution in [1.29, 1.82) is 5.26 Å². The van der Waals surface area contributed by atoms with Crippen molar-refractivity contribution >= 4 is 22.9 Å². The first-order chi connectivity index (χ1) is 12.8. The summed E-state index contributed by atoms with van der Waals surface area (Å²) in [5.74, 6) is 0.786. The number of hydrogen-bond acceptors (Lipinski definition) is 6. The fourth-order valence-electron chi connectivity index (χ4n) is 2.71. The molecule has 0 aliphatic carbocycles. The molecule has 0 aliphatic heterocycles. The first-order valence-corrected chi connectivity index (χ1v) is 9.23. The molecule has 0 saturated heterocycles. The molecule has 0 saturated carbocycles. The Labute approximate surface area is 154 Å². The summed E-state index contributed by atoms with van der Waals surface area (Å²) < 4.78 is 1.95. The molecule has 128 valence electrons. The highest BCUT2D eigenvalue weighted by Gasteiger charge is 2.08. The van der Waals surface area contributed by atoms with Gasteiger partial charge in [0.25, 0.3) is 0 Å². The lowest BCUT2D eigenvalue weighted by Crippen LogP contribution is -2.09. The predicted octanol–water partition coefficient (Wildman–Crippen LogP) is 3.77. The third-order valence-electron chi connectivity index (χ3n) is 4.05. The molecule has 0 bridgehead atoms. The molecule has 0 amide bonds. The van der Waals surface area contributed by atoms with E-state index in [9.17, 15) is 0 Å². The normalized spacial score (nSPS) is 10.7. The smallest absolute Gasteiger partial charge is 0.209 e. The third kappa shape index (κ3) is 3.41. The quantitative estimate of drug-likeness (QED) is 0.530. The van der Waals surface area contributed by atoms with Crippen molar-refractivity contribution in [2.45, 2.75) is 12.8 Å². The number of anilines is 1. The van der Waals surface area contributed by atoms with Crippen molar-refractivity contribution in [1.82, 2.24) is 19.4 Å². The van der Waals surface area contributed by atoms with Gasteiger partial charge in [-0.3, -0.25) is 9.38 Å². The molecule has 1 N–H and O–H groups in total. The Kier molecular flexibility index (Phi) is 4.58. The van der Waals surface area contributed by atoms with Crippen molar-refractivity contribution in [3.63, 3.8) is 0 Å². The van der Waals surface area contributed by atoms with Gasteiger partial charge in [0.05, 0.1) is 11.3 Å². The van der Waals surface area contributed by atoms with Crippen molar-refractivity contribution < 1.29 is 0 Å². The fraction of sp³-hybridized carbons (Fsp3) is 0.158. The van der Waals surface area contributed by atoms with Gasteiger partial charge in [-0.2, -0.15) is 16.6 Å². The maximum atomic E-state index is 8.81. The van der Waals surface area contributed by atoms with Crippen molar-refractivity contribution in [3.05, 3.63) is 64.9 Å². The van der Waals surface area contributed by atoms with Gasteiger partial charge >= 0.3 is 0 Å². The molecule has 26 heavy (non-hydrogen) atoms. The van der Waals surface area contributed by atoms with Crippen molar-refractivity contribution in [3.8, 4) is 17.3 Å². The van der Waals surface area contributed by atoms with Crippen LogP contribution in [0.2, 0.25) is 0 Å². The topological polar surface area (TPSA) is 78.9 Å². The van der Waals surface area contributed by atoms with E-state index < -0.39 is 0 Å². The molecule has 0 atom stereocenters. The lowest BCUT2D eigenvalue weighted by Gasteiger charge is -2.10. The number of pyridine rings is 1. The molecule has 0 fully saturated rings. The van der Waals surface area contributed by atoms with Crippen LogP contribution in [0.1, 0.15) is 17.7 Å². The molecule has 0 unspecified atom stereocenters. The number of aryl methyl sites for hydroxylation is 1. The van der Waals surface area contributed by atoms with Gasteiger partial charge in [-0.25, -0.2) is 9.97 Å². The van der Waals surface area contributed by atoms with E-state index in [2.05, 4.69) is 32.8 Å². The summed E-state index contributed by atoms with van der Waals surface area (Å²) in [5, 5.41) is 16.4. The third-order valence-corrected chi connectivity index (χ3v) is 4.74. The highest BCUT2D eigenvalue weighted by atomic mass is 32.1. The summed E-state index contributed by atoms with van der Waals surface area (Å²) in [6.45, 7) is 0.773. The van der Waals surface area contributed by atoms with Crippen LogP contribution < -0.4 is 5.32 Å². The van der Waals surface area contributed by atoms with Crippen molar-refractivity contribution in [2.75, 3.05) is 11.9 Å². The second-order valence-electron chi connectivity index (χ2n) is 5.81. The molecule has 0 radical (unpaired) electrons. The monoisotopic (exact) mass is 360 g/mol. The highest BCUT2D eigenvalue weighted by Crippen LogP contribution is 2.23. The lowest BCUT2D eigenvalue weighted by atomic mass is 10.2. The Morgan fingerprint density at radius 3 is 2.96 bits per heavy atom. The van der Waals surface area contributed by atoms with E-state index in [1.807, 2.05) is 28.1 Å². The first-order valence-electron chi connectivity index (χ1n) is 8.29. The highest BCUT2D eigenvalue weighted by molar-refractivity contribution is 7.08. The zero-order valence-corrected chi connectivity index (χ0v) is 14.8. The largest absolute Gasteiger partial charge is 0.355 e. The number of rotatable bonds is 6. The SMILES string of the molecule is N#Cc1ccc(CCCNc2nc(-c3ccsc3)cc3nccn23)nc1. The number of fused-ring (bicyclic) bond motifs is 1. The molecule has 6 nitrogen and oxygen atoms in total. The summed E-state index contributed by atoms with van der Waals surface area (Å²) >= 11 is 1.65. The van der Waals surface area contributed by atoms with E-state index >= 15 is 0 Å². The Balaban J connectivity index is 1.45. The van der Waals surface area contributed by atoms with E-state index in [4.69, 9.17) is 10.2 Å². The Morgan fingerprint density at radius 1 is 1.23 bits per heavy atom. The summed E-state index contributed by atoms with van der Waals surface area (Å²) in [6, 6.07) is 9.85. The van der Waals surface area contributed by atoms with Crippen LogP contribution >= 0.6 is 11.3 Å². The summed E-state index contributed by atoms with van der Waals surface area (Å²) in [5.41, 5.74) is 4.46. The van der Waals surface area contributed by atoms with Crippen LogP contribution in [0.25, 0.3) is 16.9 Å². The molecule has 4 rings (SSSR count). The van der Waals surface area contributed by atoms with Gasteiger partial charge in [0, 0.05) is 47.8 Å². The van der Waals surface area contributed by atoms with Gasteiger partial charge in [-0.05, 0) is 36.4 Å².